The lowest BCUT2D eigenvalue weighted by molar-refractivity contribution is 0.0587. The Balaban J connectivity index is 2.07. The summed E-state index contributed by atoms with van der Waals surface area (Å²) in [5, 5.41) is 4.97. The van der Waals surface area contributed by atoms with E-state index in [-0.39, 0.29) is 23.5 Å². The van der Waals surface area contributed by atoms with Gasteiger partial charge in [0.2, 0.25) is 0 Å². The highest BCUT2D eigenvalue weighted by atomic mass is 16.5. The Hall–Kier alpha value is -3.75. The molecule has 0 saturated heterocycles. The zero-order valence-electron chi connectivity index (χ0n) is 15.6. The van der Waals surface area contributed by atoms with Crippen LogP contribution in [0.5, 0.6) is 11.5 Å². The van der Waals surface area contributed by atoms with E-state index in [1.807, 2.05) is 0 Å². The summed E-state index contributed by atoms with van der Waals surface area (Å²) >= 11 is 0. The van der Waals surface area contributed by atoms with Crippen LogP contribution >= 0.6 is 0 Å². The zero-order chi connectivity index (χ0) is 20.5. The number of hydrogen-bond acceptors (Lipinski definition) is 7. The number of carbonyl (C=O) groups is 3. The van der Waals surface area contributed by atoms with Crippen LogP contribution in [-0.4, -0.2) is 46.0 Å². The molecule has 0 atom stereocenters. The van der Waals surface area contributed by atoms with Crippen LogP contribution in [-0.2, 0) is 9.47 Å². The number of nitrogens with one attached hydrogen (secondary N) is 2. The highest BCUT2D eigenvalue weighted by Crippen LogP contribution is 2.25. The number of benzene rings is 2. The number of urea groups is 1. The molecule has 0 saturated carbocycles. The lowest BCUT2D eigenvalue weighted by Gasteiger charge is -2.13. The Bertz CT molecular complexity index is 867. The van der Waals surface area contributed by atoms with Gasteiger partial charge in [0.25, 0.3) is 0 Å². The van der Waals surface area contributed by atoms with Crippen LogP contribution in [0, 0.1) is 0 Å². The average Bonchev–Trinajstić information content (AvgIpc) is 2.72. The number of para-hydroxylation sites is 2. The lowest BCUT2D eigenvalue weighted by Crippen LogP contribution is -2.32. The van der Waals surface area contributed by atoms with Gasteiger partial charge in [0.05, 0.1) is 38.1 Å². The van der Waals surface area contributed by atoms with E-state index in [1.165, 1.54) is 39.5 Å². The minimum atomic E-state index is -0.669. The first-order valence-electron chi connectivity index (χ1n) is 8.11. The molecule has 0 radical (unpaired) electrons. The topological polar surface area (TPSA) is 112 Å². The fourth-order valence-corrected chi connectivity index (χ4v) is 2.26. The molecular weight excluding hydrogens is 368 g/mol. The molecule has 28 heavy (non-hydrogen) atoms. The number of rotatable bonds is 7. The summed E-state index contributed by atoms with van der Waals surface area (Å²) in [5.41, 5.74) is 0.330. The molecule has 0 aliphatic heterocycles. The van der Waals surface area contributed by atoms with Gasteiger partial charge < -0.3 is 29.6 Å². The molecule has 2 N–H and O–H groups in total. The van der Waals surface area contributed by atoms with Crippen molar-refractivity contribution in [3.8, 4) is 11.5 Å². The van der Waals surface area contributed by atoms with E-state index in [1.54, 1.807) is 24.3 Å². The van der Waals surface area contributed by atoms with E-state index in [0.717, 1.165) is 0 Å². The summed E-state index contributed by atoms with van der Waals surface area (Å²) in [6, 6.07) is 10.4. The van der Waals surface area contributed by atoms with Gasteiger partial charge in [-0.15, -0.1) is 0 Å². The predicted molar refractivity (Wildman–Crippen MR) is 99.8 cm³/mol. The summed E-state index contributed by atoms with van der Waals surface area (Å²) < 4.78 is 19.9. The quantitative estimate of drug-likeness (QED) is 0.553. The fraction of sp³-hybridized carbons (Fsp3) is 0.211. The summed E-state index contributed by atoms with van der Waals surface area (Å²) in [6.07, 6.45) is 0. The first-order chi connectivity index (χ1) is 13.5. The second-order valence-corrected chi connectivity index (χ2v) is 5.31. The van der Waals surface area contributed by atoms with Crippen molar-refractivity contribution in [2.24, 2.45) is 0 Å². The maximum atomic E-state index is 12.2. The van der Waals surface area contributed by atoms with Crippen molar-refractivity contribution >= 4 is 23.7 Å². The zero-order valence-corrected chi connectivity index (χ0v) is 15.6. The van der Waals surface area contributed by atoms with E-state index < -0.39 is 18.0 Å². The second-order valence-electron chi connectivity index (χ2n) is 5.31. The molecule has 2 aromatic rings. The van der Waals surface area contributed by atoms with Crippen LogP contribution in [0.4, 0.5) is 10.5 Å². The molecule has 0 aliphatic carbocycles. The van der Waals surface area contributed by atoms with Crippen molar-refractivity contribution in [3.63, 3.8) is 0 Å². The van der Waals surface area contributed by atoms with Gasteiger partial charge in [-0.25, -0.2) is 14.4 Å². The van der Waals surface area contributed by atoms with Crippen LogP contribution in [0.25, 0.3) is 0 Å². The SMILES string of the molecule is COC(=O)c1ccc(C(=O)OC)c(NC(=O)NCOc2ccccc2OC)c1. The summed E-state index contributed by atoms with van der Waals surface area (Å²) in [7, 11) is 3.94. The van der Waals surface area contributed by atoms with Gasteiger partial charge in [0.15, 0.2) is 18.2 Å². The second kappa shape index (κ2) is 9.81. The van der Waals surface area contributed by atoms with Gasteiger partial charge in [-0.3, -0.25) is 0 Å². The maximum Gasteiger partial charge on any atom is 0.339 e. The minimum Gasteiger partial charge on any atom is -0.493 e. The number of hydrogen-bond donors (Lipinski definition) is 2. The minimum absolute atomic E-state index is 0.0796. The molecule has 0 aromatic heterocycles. The van der Waals surface area contributed by atoms with E-state index >= 15 is 0 Å². The van der Waals surface area contributed by atoms with Crippen molar-refractivity contribution in [3.05, 3.63) is 53.6 Å². The van der Waals surface area contributed by atoms with Crippen LogP contribution in [0.2, 0.25) is 0 Å². The van der Waals surface area contributed by atoms with Gasteiger partial charge in [-0.05, 0) is 30.3 Å². The van der Waals surface area contributed by atoms with Crippen LogP contribution < -0.4 is 20.1 Å². The van der Waals surface area contributed by atoms with Gasteiger partial charge in [-0.2, -0.15) is 0 Å². The number of ether oxygens (including phenoxy) is 4. The van der Waals surface area contributed by atoms with E-state index in [9.17, 15) is 14.4 Å². The molecule has 0 unspecified atom stereocenters. The van der Waals surface area contributed by atoms with Gasteiger partial charge in [0.1, 0.15) is 0 Å². The molecular formula is C19H20N2O7. The third-order valence-electron chi connectivity index (χ3n) is 3.62. The molecule has 9 heteroatoms. The van der Waals surface area contributed by atoms with Crippen molar-refractivity contribution in [1.82, 2.24) is 5.32 Å². The van der Waals surface area contributed by atoms with Crippen molar-refractivity contribution < 1.29 is 33.3 Å². The molecule has 0 heterocycles. The molecule has 0 fully saturated rings. The fourth-order valence-electron chi connectivity index (χ4n) is 2.26. The van der Waals surface area contributed by atoms with E-state index in [4.69, 9.17) is 9.47 Å². The molecule has 9 nitrogen and oxygen atoms in total. The van der Waals surface area contributed by atoms with E-state index in [0.29, 0.717) is 11.5 Å². The molecule has 0 spiro atoms. The molecule has 0 aliphatic rings. The molecule has 2 amide bonds. The highest BCUT2D eigenvalue weighted by Gasteiger charge is 2.17. The third kappa shape index (κ3) is 5.13. The Labute approximate surface area is 161 Å². The maximum absolute atomic E-state index is 12.2. The largest absolute Gasteiger partial charge is 0.493 e. The Kier molecular flexibility index (Phi) is 7.21. The van der Waals surface area contributed by atoms with Crippen LogP contribution in [0.1, 0.15) is 20.7 Å². The molecule has 2 rings (SSSR count). The number of amides is 2. The normalized spacial score (nSPS) is 9.82. The molecule has 148 valence electrons. The smallest absolute Gasteiger partial charge is 0.339 e. The number of carbonyl (C=O) groups excluding carboxylic acids is 3. The van der Waals surface area contributed by atoms with Crippen LogP contribution in [0.15, 0.2) is 42.5 Å². The summed E-state index contributed by atoms with van der Waals surface area (Å²) in [5.74, 6) is -0.312. The first kappa shape index (κ1) is 20.6. The highest BCUT2D eigenvalue weighted by molar-refractivity contribution is 6.03. The van der Waals surface area contributed by atoms with E-state index in [2.05, 4.69) is 20.1 Å². The predicted octanol–water partition coefficient (Wildman–Crippen LogP) is 2.43. The third-order valence-corrected chi connectivity index (χ3v) is 3.62. The Morgan fingerprint density at radius 1 is 0.893 bits per heavy atom. The van der Waals surface area contributed by atoms with Crippen molar-refractivity contribution in [1.29, 1.82) is 0 Å². The average molecular weight is 388 g/mol. The lowest BCUT2D eigenvalue weighted by atomic mass is 10.1. The number of methoxy groups -OCH3 is 3. The van der Waals surface area contributed by atoms with Gasteiger partial charge >= 0.3 is 18.0 Å². The van der Waals surface area contributed by atoms with Crippen molar-refractivity contribution in [2.45, 2.75) is 0 Å². The Morgan fingerprint density at radius 3 is 2.21 bits per heavy atom. The Morgan fingerprint density at radius 2 is 1.57 bits per heavy atom. The number of anilines is 1. The van der Waals surface area contributed by atoms with Gasteiger partial charge in [-0.1, -0.05) is 12.1 Å². The van der Waals surface area contributed by atoms with Gasteiger partial charge in [0, 0.05) is 0 Å². The monoisotopic (exact) mass is 388 g/mol. The standard InChI is InChI=1S/C19H20N2O7/c1-25-15-6-4-5-7-16(15)28-11-20-19(24)21-14-10-12(17(22)26-2)8-9-13(14)18(23)27-3/h4-10H,11H2,1-3H3,(H2,20,21,24). The van der Waals surface area contributed by atoms with Crippen LogP contribution in [0.3, 0.4) is 0 Å². The first-order valence-corrected chi connectivity index (χ1v) is 8.11. The summed E-state index contributed by atoms with van der Waals surface area (Å²) in [6.45, 7) is -0.156. The molecule has 0 bridgehead atoms. The van der Waals surface area contributed by atoms with Crippen molar-refractivity contribution in [2.75, 3.05) is 33.4 Å². The number of esters is 2. The molecule has 2 aromatic carbocycles. The summed E-state index contributed by atoms with van der Waals surface area (Å²) in [4.78, 5) is 35.7.